The number of likely N-dealkylation sites (tertiary alicyclic amines) is 1. The van der Waals surface area contributed by atoms with Gasteiger partial charge in [-0.1, -0.05) is 13.8 Å². The van der Waals surface area contributed by atoms with Gasteiger partial charge in [0.15, 0.2) is 0 Å². The molecule has 1 N–H and O–H groups in total. The fourth-order valence-corrected chi connectivity index (χ4v) is 2.96. The fraction of sp³-hybridized carbons (Fsp3) is 0.929. The molecule has 2 unspecified atom stereocenters. The maximum atomic E-state index is 9.38. The van der Waals surface area contributed by atoms with Gasteiger partial charge in [0.1, 0.15) is 5.54 Å². The van der Waals surface area contributed by atoms with Crippen molar-refractivity contribution in [1.29, 1.82) is 5.26 Å². The number of hydrogen-bond acceptors (Lipinski definition) is 3. The van der Waals surface area contributed by atoms with Crippen LogP contribution in [-0.4, -0.2) is 35.6 Å². The van der Waals surface area contributed by atoms with Crippen molar-refractivity contribution in [3.63, 3.8) is 0 Å². The van der Waals surface area contributed by atoms with E-state index in [9.17, 15) is 5.26 Å². The van der Waals surface area contributed by atoms with Crippen LogP contribution in [0.3, 0.4) is 0 Å². The van der Waals surface area contributed by atoms with Crippen LogP contribution in [0, 0.1) is 17.2 Å². The number of nitriles is 1. The van der Waals surface area contributed by atoms with Crippen molar-refractivity contribution in [1.82, 2.24) is 10.2 Å². The Hall–Kier alpha value is -0.590. The minimum Gasteiger partial charge on any atom is -0.297 e. The summed E-state index contributed by atoms with van der Waals surface area (Å²) in [6.45, 7) is 12.7. The standard InChI is InChI=1S/C14H27N3/c1-11(2)13-7-6-8-17(13)10-14(5,9-15)16-12(3)4/h11-13,16H,6-8,10H2,1-5H3. The Morgan fingerprint density at radius 3 is 2.53 bits per heavy atom. The van der Waals surface area contributed by atoms with Gasteiger partial charge in [-0.2, -0.15) is 5.26 Å². The molecule has 1 rings (SSSR count). The van der Waals surface area contributed by atoms with Gasteiger partial charge in [-0.3, -0.25) is 10.2 Å². The van der Waals surface area contributed by atoms with E-state index in [-0.39, 0.29) is 0 Å². The first-order valence-electron chi connectivity index (χ1n) is 6.81. The van der Waals surface area contributed by atoms with Crippen LogP contribution in [0.4, 0.5) is 0 Å². The Balaban J connectivity index is 2.65. The molecular weight excluding hydrogens is 210 g/mol. The second-order valence-corrected chi connectivity index (χ2v) is 6.17. The first-order chi connectivity index (χ1) is 7.88. The SMILES string of the molecule is CC(C)NC(C)(C#N)CN1CCCC1C(C)C. The lowest BCUT2D eigenvalue weighted by molar-refractivity contribution is 0.167. The molecule has 0 bridgehead atoms. The first kappa shape index (κ1) is 14.5. The molecule has 1 heterocycles. The molecular formula is C14H27N3. The Morgan fingerprint density at radius 1 is 1.41 bits per heavy atom. The lowest BCUT2D eigenvalue weighted by Gasteiger charge is -2.35. The largest absolute Gasteiger partial charge is 0.297 e. The van der Waals surface area contributed by atoms with Gasteiger partial charge >= 0.3 is 0 Å². The number of nitrogens with zero attached hydrogens (tertiary/aromatic N) is 2. The van der Waals surface area contributed by atoms with Crippen molar-refractivity contribution < 1.29 is 0 Å². The minimum absolute atomic E-state index is 0.347. The molecule has 0 aromatic carbocycles. The summed E-state index contributed by atoms with van der Waals surface area (Å²) in [5.41, 5.74) is -0.425. The van der Waals surface area contributed by atoms with Crippen LogP contribution in [0.2, 0.25) is 0 Å². The molecule has 1 aliphatic heterocycles. The number of nitrogens with one attached hydrogen (secondary N) is 1. The third kappa shape index (κ3) is 3.97. The Kier molecular flexibility index (Phi) is 4.97. The van der Waals surface area contributed by atoms with Gasteiger partial charge in [0.25, 0.3) is 0 Å². The zero-order valence-corrected chi connectivity index (χ0v) is 12.0. The van der Waals surface area contributed by atoms with Crippen LogP contribution < -0.4 is 5.32 Å². The van der Waals surface area contributed by atoms with Crippen molar-refractivity contribution >= 4 is 0 Å². The third-order valence-corrected chi connectivity index (χ3v) is 3.56. The molecule has 0 radical (unpaired) electrons. The highest BCUT2D eigenvalue weighted by molar-refractivity contribution is 5.07. The minimum atomic E-state index is -0.425. The molecule has 3 nitrogen and oxygen atoms in total. The van der Waals surface area contributed by atoms with E-state index in [4.69, 9.17) is 0 Å². The molecule has 1 aliphatic rings. The summed E-state index contributed by atoms with van der Waals surface area (Å²) in [5.74, 6) is 0.680. The van der Waals surface area contributed by atoms with Gasteiger partial charge in [0.05, 0.1) is 6.07 Å². The molecule has 17 heavy (non-hydrogen) atoms. The fourth-order valence-electron chi connectivity index (χ4n) is 2.96. The molecule has 3 heteroatoms. The molecule has 1 fully saturated rings. The molecule has 0 amide bonds. The van der Waals surface area contributed by atoms with E-state index < -0.39 is 5.54 Å². The van der Waals surface area contributed by atoms with Crippen LogP contribution in [0.5, 0.6) is 0 Å². The van der Waals surface area contributed by atoms with E-state index in [1.165, 1.54) is 12.8 Å². The van der Waals surface area contributed by atoms with Gasteiger partial charge in [0, 0.05) is 18.6 Å². The highest BCUT2D eigenvalue weighted by Gasteiger charge is 2.34. The molecule has 1 saturated heterocycles. The topological polar surface area (TPSA) is 39.1 Å². The lowest BCUT2D eigenvalue weighted by Crippen LogP contribution is -2.54. The maximum Gasteiger partial charge on any atom is 0.116 e. The van der Waals surface area contributed by atoms with Crippen molar-refractivity contribution in [3.8, 4) is 6.07 Å². The van der Waals surface area contributed by atoms with Gasteiger partial charge in [-0.25, -0.2) is 0 Å². The van der Waals surface area contributed by atoms with Crippen molar-refractivity contribution in [3.05, 3.63) is 0 Å². The lowest BCUT2D eigenvalue weighted by atomic mass is 9.98. The van der Waals surface area contributed by atoms with Crippen LogP contribution in [0.1, 0.15) is 47.5 Å². The van der Waals surface area contributed by atoms with Gasteiger partial charge in [-0.05, 0) is 46.1 Å². The Labute approximate surface area is 106 Å². The number of hydrogen-bond donors (Lipinski definition) is 1. The van der Waals surface area contributed by atoms with Gasteiger partial charge in [-0.15, -0.1) is 0 Å². The van der Waals surface area contributed by atoms with E-state index in [1.807, 2.05) is 6.92 Å². The van der Waals surface area contributed by atoms with Crippen LogP contribution in [0.25, 0.3) is 0 Å². The van der Waals surface area contributed by atoms with Gasteiger partial charge < -0.3 is 0 Å². The zero-order chi connectivity index (χ0) is 13.1. The van der Waals surface area contributed by atoms with Gasteiger partial charge in [0.2, 0.25) is 0 Å². The summed E-state index contributed by atoms with van der Waals surface area (Å²) < 4.78 is 0. The monoisotopic (exact) mass is 237 g/mol. The Morgan fingerprint density at radius 2 is 2.06 bits per heavy atom. The molecule has 0 spiro atoms. The zero-order valence-electron chi connectivity index (χ0n) is 12.0. The third-order valence-electron chi connectivity index (χ3n) is 3.56. The highest BCUT2D eigenvalue weighted by Crippen LogP contribution is 2.25. The van der Waals surface area contributed by atoms with E-state index in [2.05, 4.69) is 44.0 Å². The first-order valence-corrected chi connectivity index (χ1v) is 6.81. The summed E-state index contributed by atoms with van der Waals surface area (Å²) in [7, 11) is 0. The molecule has 0 saturated carbocycles. The van der Waals surface area contributed by atoms with Crippen molar-refractivity contribution in [2.45, 2.75) is 65.1 Å². The second-order valence-electron chi connectivity index (χ2n) is 6.17. The maximum absolute atomic E-state index is 9.38. The summed E-state index contributed by atoms with van der Waals surface area (Å²) in [6.07, 6.45) is 2.55. The molecule has 0 aromatic heterocycles. The molecule has 2 atom stereocenters. The normalized spacial score (nSPS) is 25.2. The second kappa shape index (κ2) is 5.84. The molecule has 0 aromatic rings. The van der Waals surface area contributed by atoms with E-state index >= 15 is 0 Å². The van der Waals surface area contributed by atoms with Crippen LogP contribution in [0.15, 0.2) is 0 Å². The number of rotatable bonds is 5. The van der Waals surface area contributed by atoms with E-state index in [1.54, 1.807) is 0 Å². The van der Waals surface area contributed by atoms with E-state index in [0.29, 0.717) is 18.0 Å². The quantitative estimate of drug-likeness (QED) is 0.798. The van der Waals surface area contributed by atoms with E-state index in [0.717, 1.165) is 13.1 Å². The average Bonchev–Trinajstić information content (AvgIpc) is 2.64. The van der Waals surface area contributed by atoms with Crippen molar-refractivity contribution in [2.24, 2.45) is 5.92 Å². The van der Waals surface area contributed by atoms with Crippen LogP contribution in [-0.2, 0) is 0 Å². The highest BCUT2D eigenvalue weighted by atomic mass is 15.2. The smallest absolute Gasteiger partial charge is 0.116 e. The predicted octanol–water partition coefficient (Wildman–Crippen LogP) is 2.39. The molecule has 98 valence electrons. The average molecular weight is 237 g/mol. The summed E-state index contributed by atoms with van der Waals surface area (Å²) >= 11 is 0. The summed E-state index contributed by atoms with van der Waals surface area (Å²) in [6, 6.07) is 3.44. The molecule has 0 aliphatic carbocycles. The van der Waals surface area contributed by atoms with Crippen LogP contribution >= 0.6 is 0 Å². The Bertz CT molecular complexity index is 280. The predicted molar refractivity (Wildman–Crippen MR) is 71.7 cm³/mol. The van der Waals surface area contributed by atoms with Crippen molar-refractivity contribution in [2.75, 3.05) is 13.1 Å². The summed E-state index contributed by atoms with van der Waals surface area (Å²) in [5, 5.41) is 12.8. The summed E-state index contributed by atoms with van der Waals surface area (Å²) in [4.78, 5) is 2.49.